The van der Waals surface area contributed by atoms with E-state index >= 15 is 0 Å². The third-order valence-corrected chi connectivity index (χ3v) is 9.05. The van der Waals surface area contributed by atoms with E-state index in [9.17, 15) is 119 Å². The molecule has 0 aromatic carbocycles. The molecule has 0 saturated heterocycles. The van der Waals surface area contributed by atoms with Gasteiger partial charge in [-0.1, -0.05) is 51.9 Å². The molecule has 0 aromatic heterocycles. The zero-order valence-corrected chi connectivity index (χ0v) is 27.6. The zero-order valence-electron chi connectivity index (χ0n) is 26.8. The van der Waals surface area contributed by atoms with Gasteiger partial charge >= 0.3 is 77.2 Å². The Morgan fingerprint density at radius 2 is 0.537 bits per heavy atom. The third kappa shape index (κ3) is 8.23. The maximum Gasteiger partial charge on any atom is 0.460 e. The summed E-state index contributed by atoms with van der Waals surface area (Å²) in [6, 6.07) is 0. The molecule has 0 saturated carbocycles. The predicted octanol–water partition coefficient (Wildman–Crippen LogP) is 13.8. The lowest BCUT2D eigenvalue weighted by Crippen LogP contribution is -2.78. The minimum Gasteiger partial charge on any atom is -0.200 e. The Morgan fingerprint density at radius 1 is 0.315 bits per heavy atom. The Morgan fingerprint density at radius 3 is 0.796 bits per heavy atom. The van der Waals surface area contributed by atoms with Gasteiger partial charge in [0.25, 0.3) is 0 Å². The molecule has 0 aliphatic rings. The van der Waals surface area contributed by atoms with Crippen molar-refractivity contribution in [2.45, 2.75) is 154 Å². The highest BCUT2D eigenvalue weighted by Crippen LogP contribution is 2.68. The van der Waals surface area contributed by atoms with E-state index < -0.39 is 96.5 Å². The molecular weight excluding hydrogens is 857 g/mol. The van der Waals surface area contributed by atoms with Gasteiger partial charge in [-0.3, -0.25) is 0 Å². The van der Waals surface area contributed by atoms with Crippen LogP contribution in [-0.4, -0.2) is 88.8 Å². The van der Waals surface area contributed by atoms with Crippen molar-refractivity contribution in [2.75, 3.05) is 6.26 Å². The normalized spacial score (nSPS) is 16.6. The first kappa shape index (κ1) is 52.5. The molecule has 1 atom stereocenters. The summed E-state index contributed by atoms with van der Waals surface area (Å²) < 4.78 is 367. The molecule has 0 radical (unpaired) electrons. The zero-order chi connectivity index (χ0) is 43.9. The molecule has 1 unspecified atom stereocenters. The van der Waals surface area contributed by atoms with E-state index in [0.29, 0.717) is 24.5 Å². The van der Waals surface area contributed by atoms with E-state index in [2.05, 4.69) is 0 Å². The summed E-state index contributed by atoms with van der Waals surface area (Å²) in [4.78, 5) is 0. The predicted molar refractivity (Wildman–Crippen MR) is 135 cm³/mol. The van der Waals surface area contributed by atoms with E-state index in [1.807, 2.05) is 13.2 Å². The molecule has 54 heavy (non-hydrogen) atoms. The Hall–Kier alpha value is -1.54. The number of thioether (sulfide) groups is 1. The number of halogens is 27. The highest BCUT2D eigenvalue weighted by Gasteiger charge is 3.00. The Bertz CT molecular complexity index is 1200. The fourth-order valence-electron chi connectivity index (χ4n) is 4.30. The van der Waals surface area contributed by atoms with Gasteiger partial charge in [0, 0.05) is 11.7 Å². The van der Waals surface area contributed by atoms with Gasteiger partial charge in [0.2, 0.25) is 0 Å². The molecule has 0 aliphatic carbocycles. The second-order valence-electron chi connectivity index (χ2n) is 11.9. The van der Waals surface area contributed by atoms with Crippen molar-refractivity contribution in [1.29, 1.82) is 0 Å². The van der Waals surface area contributed by atoms with E-state index in [1.165, 1.54) is 0 Å². The van der Waals surface area contributed by atoms with Crippen LogP contribution >= 0.6 is 11.8 Å². The molecule has 0 heterocycles. The van der Waals surface area contributed by atoms with Crippen LogP contribution in [0.5, 0.6) is 0 Å². The summed E-state index contributed by atoms with van der Waals surface area (Å²) in [6.45, 7) is 1.93. The molecular formula is C26H27F27S. The number of alkyl halides is 27. The summed E-state index contributed by atoms with van der Waals surface area (Å²) in [5.41, 5.74) is 0. The van der Waals surface area contributed by atoms with Gasteiger partial charge in [0.1, 0.15) is 0 Å². The first-order valence-electron chi connectivity index (χ1n) is 14.6. The van der Waals surface area contributed by atoms with E-state index in [1.54, 1.807) is 11.8 Å². The molecule has 0 rings (SSSR count). The van der Waals surface area contributed by atoms with Crippen molar-refractivity contribution in [1.82, 2.24) is 0 Å². The molecule has 0 aromatic rings. The monoisotopic (exact) mass is 884 g/mol. The van der Waals surface area contributed by atoms with Crippen LogP contribution < -0.4 is 0 Å². The van der Waals surface area contributed by atoms with Gasteiger partial charge in [0.05, 0.1) is 0 Å². The molecule has 0 N–H and O–H groups in total. The third-order valence-electron chi connectivity index (χ3n) is 8.01. The van der Waals surface area contributed by atoms with Crippen molar-refractivity contribution in [3.8, 4) is 0 Å². The molecule has 0 bridgehead atoms. The number of unbranched alkanes of at least 4 members (excludes halogenated alkanes) is 7. The minimum absolute atomic E-state index is 0.146. The first-order valence-corrected chi connectivity index (χ1v) is 15.9. The van der Waals surface area contributed by atoms with Gasteiger partial charge < -0.3 is 0 Å². The summed E-state index contributed by atoms with van der Waals surface area (Å²) in [5.74, 6) is -109. The maximum atomic E-state index is 14.1. The lowest BCUT2D eigenvalue weighted by Gasteiger charge is -2.46. The van der Waals surface area contributed by atoms with Crippen LogP contribution in [0.25, 0.3) is 0 Å². The van der Waals surface area contributed by atoms with Crippen molar-refractivity contribution < 1.29 is 119 Å². The van der Waals surface area contributed by atoms with Crippen molar-refractivity contribution in [2.24, 2.45) is 0 Å². The molecule has 0 spiro atoms. The molecule has 28 heteroatoms. The van der Waals surface area contributed by atoms with Crippen LogP contribution in [0.3, 0.4) is 0 Å². The second-order valence-corrected chi connectivity index (χ2v) is 13.2. The van der Waals surface area contributed by atoms with Crippen LogP contribution in [0.1, 0.15) is 71.1 Å². The Kier molecular flexibility index (Phi) is 15.6. The summed E-state index contributed by atoms with van der Waals surface area (Å²) in [5, 5.41) is 0.324. The number of hydrogen-bond donors (Lipinski definition) is 0. The topological polar surface area (TPSA) is 0 Å². The number of rotatable bonds is 23. The summed E-state index contributed by atoms with van der Waals surface area (Å²) in [7, 11) is 0. The minimum atomic E-state index is -9.75. The Labute approximate surface area is 290 Å². The van der Waals surface area contributed by atoms with E-state index in [4.69, 9.17) is 0 Å². The van der Waals surface area contributed by atoms with E-state index in [-0.39, 0.29) is 12.8 Å². The average molecular weight is 885 g/mol. The SMILES string of the molecule is CSC(C)CCCCCCCCCCC(F)(F)C(F)(F)C(F)(F)C(F)(F)C(F)(F)C(F)(F)C(F)(F)C(F)(F)C(F)(F)C(F)(F)C(F)(F)C(F)(F)C(F)(F)F. The molecule has 0 fully saturated rings. The maximum absolute atomic E-state index is 14.1. The Balaban J connectivity index is 6.48. The van der Waals surface area contributed by atoms with Crippen LogP contribution in [0, 0.1) is 0 Å². The van der Waals surface area contributed by atoms with Gasteiger partial charge in [-0.15, -0.1) is 0 Å². The molecule has 0 amide bonds. The molecule has 0 aliphatic heterocycles. The second kappa shape index (κ2) is 16.0. The molecule has 0 nitrogen and oxygen atoms in total. The van der Waals surface area contributed by atoms with E-state index in [0.717, 1.165) is 12.8 Å². The van der Waals surface area contributed by atoms with Crippen LogP contribution in [0.4, 0.5) is 119 Å². The summed E-state index contributed by atoms with van der Waals surface area (Å²) in [6.07, 6.45) is -7.79. The lowest BCUT2D eigenvalue weighted by molar-refractivity contribution is -0.485. The van der Waals surface area contributed by atoms with Gasteiger partial charge in [0.15, 0.2) is 0 Å². The average Bonchev–Trinajstić information content (AvgIpc) is 2.99. The van der Waals surface area contributed by atoms with Crippen molar-refractivity contribution in [3.05, 3.63) is 0 Å². The fraction of sp³-hybridized carbons (Fsp3) is 1.00. The van der Waals surface area contributed by atoms with Crippen LogP contribution in [0.2, 0.25) is 0 Å². The number of hydrogen-bond acceptors (Lipinski definition) is 1. The highest BCUT2D eigenvalue weighted by atomic mass is 32.2. The standard InChI is InChI=1S/C26H27F27S/c1-13(54-2)11-9-7-5-3-4-6-8-10-12-14(27,28)15(29,30)16(31,32)17(33,34)18(35,36)19(37,38)20(39,40)21(41,42)22(43,44)23(45,46)24(47,48)25(49,50)26(51,52)53/h13H,3-12H2,1-2H3. The summed E-state index contributed by atoms with van der Waals surface area (Å²) >= 11 is 1.57. The largest absolute Gasteiger partial charge is 0.460 e. The molecule has 326 valence electrons. The van der Waals surface area contributed by atoms with Gasteiger partial charge in [-0.2, -0.15) is 130 Å². The lowest BCUT2D eigenvalue weighted by atomic mass is 9.83. The van der Waals surface area contributed by atoms with Crippen molar-refractivity contribution in [3.63, 3.8) is 0 Å². The van der Waals surface area contributed by atoms with Crippen LogP contribution in [-0.2, 0) is 0 Å². The smallest absolute Gasteiger partial charge is 0.200 e. The fourth-order valence-corrected chi connectivity index (χ4v) is 4.70. The highest BCUT2D eigenvalue weighted by molar-refractivity contribution is 7.99. The first-order chi connectivity index (χ1) is 23.5. The van der Waals surface area contributed by atoms with Gasteiger partial charge in [-0.25, -0.2) is 0 Å². The van der Waals surface area contributed by atoms with Gasteiger partial charge in [-0.05, 0) is 19.1 Å². The van der Waals surface area contributed by atoms with Crippen molar-refractivity contribution >= 4 is 11.8 Å². The quantitative estimate of drug-likeness (QED) is 0.0728. The van der Waals surface area contributed by atoms with Crippen LogP contribution in [0.15, 0.2) is 0 Å².